The molecule has 2 aliphatic rings. The van der Waals surface area contributed by atoms with Crippen LogP contribution in [0.5, 0.6) is 5.75 Å². The third kappa shape index (κ3) is 3.45. The summed E-state index contributed by atoms with van der Waals surface area (Å²) in [6.45, 7) is 0.699. The Bertz CT molecular complexity index is 792. The minimum Gasteiger partial charge on any atom is -0.497 e. The molecule has 4 heteroatoms. The topological polar surface area (TPSA) is 29.5 Å². The lowest BCUT2D eigenvalue weighted by Crippen LogP contribution is -2.53. The Morgan fingerprint density at radius 1 is 1.07 bits per heavy atom. The van der Waals surface area contributed by atoms with Crippen LogP contribution in [0.2, 0.25) is 0 Å². The molecular weight excluding hydrogens is 358 g/mol. The van der Waals surface area contributed by atoms with Crippen LogP contribution in [0, 0.1) is 5.92 Å². The molecule has 1 saturated heterocycles. The molecule has 0 aromatic heterocycles. The number of carbonyl (C=O) groups is 1. The fraction of sp³-hybridized carbons (Fsp3) is 0.435. The number of alkyl halides is 1. The Balaban J connectivity index is 1.70. The molecule has 3 atom stereocenters. The summed E-state index contributed by atoms with van der Waals surface area (Å²) < 4.78 is 5.23. The lowest BCUT2D eigenvalue weighted by Gasteiger charge is -2.52. The van der Waals surface area contributed by atoms with E-state index in [9.17, 15) is 4.79 Å². The number of methoxy groups -OCH3 is 1. The average Bonchev–Trinajstić information content (AvgIpc) is 2.72. The van der Waals surface area contributed by atoms with Gasteiger partial charge in [-0.05, 0) is 49.1 Å². The quantitative estimate of drug-likeness (QED) is 0.659. The van der Waals surface area contributed by atoms with Crippen molar-refractivity contribution in [3.05, 3.63) is 65.7 Å². The number of hydrogen-bond donors (Lipinski definition) is 0. The predicted molar refractivity (Wildman–Crippen MR) is 108 cm³/mol. The molecular formula is C23H26ClNO2. The zero-order valence-electron chi connectivity index (χ0n) is 15.7. The van der Waals surface area contributed by atoms with Crippen LogP contribution in [-0.4, -0.2) is 29.3 Å². The number of likely N-dealkylation sites (tertiary alicyclic amines) is 1. The van der Waals surface area contributed by atoms with E-state index in [1.165, 1.54) is 18.4 Å². The summed E-state index contributed by atoms with van der Waals surface area (Å²) in [4.78, 5) is 15.3. The van der Waals surface area contributed by atoms with Crippen molar-refractivity contribution in [1.29, 1.82) is 0 Å². The maximum atomic E-state index is 13.4. The van der Waals surface area contributed by atoms with E-state index in [0.717, 1.165) is 25.0 Å². The number of fused-ring (bicyclic) bond motifs is 1. The Hall–Kier alpha value is -2.00. The van der Waals surface area contributed by atoms with E-state index in [4.69, 9.17) is 16.3 Å². The van der Waals surface area contributed by atoms with Gasteiger partial charge in [0.2, 0.25) is 0 Å². The van der Waals surface area contributed by atoms with Gasteiger partial charge in [-0.1, -0.05) is 43.2 Å². The summed E-state index contributed by atoms with van der Waals surface area (Å²) in [5.74, 6) is 1.14. The van der Waals surface area contributed by atoms with Gasteiger partial charge in [0.25, 0.3) is 5.91 Å². The van der Waals surface area contributed by atoms with Gasteiger partial charge >= 0.3 is 0 Å². The molecule has 1 aliphatic carbocycles. The molecule has 2 aromatic carbocycles. The summed E-state index contributed by atoms with van der Waals surface area (Å²) >= 11 is 7.12. The molecule has 1 saturated carbocycles. The SMILES string of the molecule is COc1ccc(C(=O)N2CC[C@]3(Cl)CCCC[C@H]3[C@H]2c2ccccc2)cc1. The minimum absolute atomic E-state index is 0.0346. The average molecular weight is 384 g/mol. The zero-order valence-corrected chi connectivity index (χ0v) is 16.5. The number of piperidine rings is 1. The highest BCUT2D eigenvalue weighted by Gasteiger charge is 2.50. The van der Waals surface area contributed by atoms with E-state index in [-0.39, 0.29) is 16.8 Å². The highest BCUT2D eigenvalue weighted by molar-refractivity contribution is 6.24. The van der Waals surface area contributed by atoms with Gasteiger partial charge in [0.1, 0.15) is 5.75 Å². The summed E-state index contributed by atoms with van der Waals surface area (Å²) in [6.07, 6.45) is 5.37. The Morgan fingerprint density at radius 2 is 1.81 bits per heavy atom. The van der Waals surface area contributed by atoms with Gasteiger partial charge in [-0.25, -0.2) is 0 Å². The minimum atomic E-state index is -0.185. The standard InChI is InChI=1S/C23H26ClNO2/c1-27-19-12-10-18(11-13-19)22(26)25-16-15-23(24)14-6-5-9-20(23)21(25)17-7-3-2-4-8-17/h2-4,7-8,10-13,20-21H,5-6,9,14-16H2,1H3/t20-,21+,23+/m0/s1. The molecule has 0 bridgehead atoms. The first-order valence-corrected chi connectivity index (χ1v) is 10.2. The highest BCUT2D eigenvalue weighted by Crippen LogP contribution is 2.52. The van der Waals surface area contributed by atoms with Crippen molar-refractivity contribution in [1.82, 2.24) is 4.90 Å². The second-order valence-electron chi connectivity index (χ2n) is 7.72. The summed E-state index contributed by atoms with van der Waals surface area (Å²) in [5.41, 5.74) is 1.89. The fourth-order valence-electron chi connectivity index (χ4n) is 4.83. The second-order valence-corrected chi connectivity index (χ2v) is 8.47. The van der Waals surface area contributed by atoms with E-state index in [0.29, 0.717) is 18.0 Å². The maximum absolute atomic E-state index is 13.4. The van der Waals surface area contributed by atoms with Gasteiger partial charge in [-0.3, -0.25) is 4.79 Å². The van der Waals surface area contributed by atoms with Crippen LogP contribution in [0.4, 0.5) is 0 Å². The summed E-state index contributed by atoms with van der Waals surface area (Å²) in [5, 5.41) is 0. The molecule has 2 aromatic rings. The number of rotatable bonds is 3. The number of benzene rings is 2. The monoisotopic (exact) mass is 383 g/mol. The smallest absolute Gasteiger partial charge is 0.254 e. The lowest BCUT2D eigenvalue weighted by molar-refractivity contribution is 0.0279. The van der Waals surface area contributed by atoms with Crippen molar-refractivity contribution in [2.24, 2.45) is 5.92 Å². The number of amides is 1. The van der Waals surface area contributed by atoms with Gasteiger partial charge in [0, 0.05) is 18.0 Å². The Kier molecular flexibility index (Phi) is 5.14. The van der Waals surface area contributed by atoms with Crippen molar-refractivity contribution < 1.29 is 9.53 Å². The largest absolute Gasteiger partial charge is 0.497 e. The number of halogens is 1. The van der Waals surface area contributed by atoms with Crippen LogP contribution >= 0.6 is 11.6 Å². The third-order valence-electron chi connectivity index (χ3n) is 6.25. The Morgan fingerprint density at radius 3 is 2.52 bits per heavy atom. The molecule has 1 aliphatic heterocycles. The molecule has 1 heterocycles. The normalized spacial score (nSPS) is 27.7. The van der Waals surface area contributed by atoms with E-state index in [1.807, 2.05) is 35.2 Å². The fourth-order valence-corrected chi connectivity index (χ4v) is 5.28. The van der Waals surface area contributed by atoms with Gasteiger partial charge in [-0.2, -0.15) is 0 Å². The number of hydrogen-bond acceptors (Lipinski definition) is 2. The van der Waals surface area contributed by atoms with Crippen LogP contribution in [0.1, 0.15) is 54.1 Å². The van der Waals surface area contributed by atoms with Gasteiger partial charge in [0.05, 0.1) is 18.0 Å². The molecule has 2 fully saturated rings. The Labute approximate surface area is 166 Å². The van der Waals surface area contributed by atoms with E-state index >= 15 is 0 Å². The van der Waals surface area contributed by atoms with Crippen LogP contribution < -0.4 is 4.74 Å². The van der Waals surface area contributed by atoms with Crippen molar-refractivity contribution in [3.8, 4) is 5.75 Å². The molecule has 0 spiro atoms. The van der Waals surface area contributed by atoms with Crippen molar-refractivity contribution in [2.75, 3.05) is 13.7 Å². The van der Waals surface area contributed by atoms with Crippen LogP contribution in [0.3, 0.4) is 0 Å². The lowest BCUT2D eigenvalue weighted by atomic mass is 9.68. The molecule has 142 valence electrons. The molecule has 3 nitrogen and oxygen atoms in total. The first-order chi connectivity index (χ1) is 13.1. The van der Waals surface area contributed by atoms with Crippen molar-refractivity contribution >= 4 is 17.5 Å². The van der Waals surface area contributed by atoms with Gasteiger partial charge < -0.3 is 9.64 Å². The highest BCUT2D eigenvalue weighted by atomic mass is 35.5. The number of nitrogens with zero attached hydrogens (tertiary/aromatic N) is 1. The van der Waals surface area contributed by atoms with Crippen molar-refractivity contribution in [2.45, 2.75) is 43.0 Å². The van der Waals surface area contributed by atoms with E-state index in [1.54, 1.807) is 7.11 Å². The molecule has 4 rings (SSSR count). The third-order valence-corrected chi connectivity index (χ3v) is 6.90. The molecule has 0 N–H and O–H groups in total. The number of carbonyl (C=O) groups excluding carboxylic acids is 1. The molecule has 0 radical (unpaired) electrons. The van der Waals surface area contributed by atoms with Crippen molar-refractivity contribution in [3.63, 3.8) is 0 Å². The van der Waals surface area contributed by atoms with Gasteiger partial charge in [0.15, 0.2) is 0 Å². The molecule has 1 amide bonds. The molecule has 27 heavy (non-hydrogen) atoms. The van der Waals surface area contributed by atoms with Crippen LogP contribution in [-0.2, 0) is 0 Å². The van der Waals surface area contributed by atoms with Crippen LogP contribution in [0.15, 0.2) is 54.6 Å². The van der Waals surface area contributed by atoms with Crippen LogP contribution in [0.25, 0.3) is 0 Å². The molecule has 0 unspecified atom stereocenters. The first kappa shape index (κ1) is 18.4. The first-order valence-electron chi connectivity index (χ1n) is 9.81. The maximum Gasteiger partial charge on any atom is 0.254 e. The van der Waals surface area contributed by atoms with E-state index in [2.05, 4.69) is 24.3 Å². The predicted octanol–water partition coefficient (Wildman–Crippen LogP) is 5.45. The zero-order chi connectivity index (χ0) is 18.9. The van der Waals surface area contributed by atoms with E-state index < -0.39 is 0 Å². The second kappa shape index (κ2) is 7.55. The summed E-state index contributed by atoms with van der Waals surface area (Å²) in [7, 11) is 1.63. The van der Waals surface area contributed by atoms with Gasteiger partial charge in [-0.15, -0.1) is 11.6 Å². The summed E-state index contributed by atoms with van der Waals surface area (Å²) in [6, 6.07) is 17.8. The number of ether oxygens (including phenoxy) is 1.